The van der Waals surface area contributed by atoms with Crippen molar-refractivity contribution in [3.05, 3.63) is 11.9 Å². The number of hydrogen-bond acceptors (Lipinski definition) is 4. The molecule has 0 atom stereocenters. The molecule has 108 valence electrons. The molecular weight excluding hydrogens is 236 g/mol. The van der Waals surface area contributed by atoms with Crippen molar-refractivity contribution in [2.24, 2.45) is 0 Å². The first-order valence-electron chi connectivity index (χ1n) is 7.46. The fraction of sp³-hybridized carbons (Fsp3) is 0.733. The highest BCUT2D eigenvalue weighted by Crippen LogP contribution is 2.27. The summed E-state index contributed by atoms with van der Waals surface area (Å²) in [5.74, 6) is 1.95. The Morgan fingerprint density at radius 3 is 2.21 bits per heavy atom. The van der Waals surface area contributed by atoms with Crippen molar-refractivity contribution < 1.29 is 0 Å². The van der Waals surface area contributed by atoms with E-state index in [-0.39, 0.29) is 5.54 Å². The Bertz CT molecular complexity index is 386. The van der Waals surface area contributed by atoms with Gasteiger partial charge in [0, 0.05) is 17.6 Å². The predicted molar refractivity (Wildman–Crippen MR) is 82.8 cm³/mol. The number of nitrogens with zero attached hydrogens (tertiary/aromatic N) is 2. The monoisotopic (exact) mass is 264 g/mol. The minimum Gasteiger partial charge on any atom is -0.370 e. The number of nitrogens with one attached hydrogen (secondary N) is 2. The first kappa shape index (κ1) is 15.7. The summed E-state index contributed by atoms with van der Waals surface area (Å²) >= 11 is 0. The highest BCUT2D eigenvalue weighted by Gasteiger charge is 2.22. The summed E-state index contributed by atoms with van der Waals surface area (Å²) < 4.78 is 0. The molecule has 0 saturated carbocycles. The predicted octanol–water partition coefficient (Wildman–Crippen LogP) is 3.85. The molecule has 0 unspecified atom stereocenters. The molecule has 0 aromatic carbocycles. The van der Waals surface area contributed by atoms with E-state index in [0.717, 1.165) is 43.9 Å². The van der Waals surface area contributed by atoms with E-state index in [4.69, 9.17) is 0 Å². The number of aromatic nitrogens is 2. The van der Waals surface area contributed by atoms with E-state index in [9.17, 15) is 0 Å². The van der Waals surface area contributed by atoms with Crippen LogP contribution in [0.5, 0.6) is 0 Å². The smallest absolute Gasteiger partial charge is 0.135 e. The third-order valence-electron chi connectivity index (χ3n) is 3.77. The van der Waals surface area contributed by atoms with Gasteiger partial charge in [-0.1, -0.05) is 27.2 Å². The van der Waals surface area contributed by atoms with Crippen LogP contribution in [0.25, 0.3) is 0 Å². The topological polar surface area (TPSA) is 49.8 Å². The van der Waals surface area contributed by atoms with Crippen LogP contribution in [0.1, 0.15) is 59.4 Å². The molecule has 1 aromatic heterocycles. The van der Waals surface area contributed by atoms with Crippen LogP contribution in [0.4, 0.5) is 11.6 Å². The SMILES string of the molecule is CCCc1c(NCC)ncnc1NC(C)(CC)CC. The van der Waals surface area contributed by atoms with Crippen LogP contribution in [-0.4, -0.2) is 22.1 Å². The Labute approximate surface area is 117 Å². The van der Waals surface area contributed by atoms with Crippen LogP contribution in [-0.2, 0) is 6.42 Å². The maximum atomic E-state index is 4.46. The van der Waals surface area contributed by atoms with E-state index in [0.29, 0.717) is 0 Å². The number of anilines is 2. The van der Waals surface area contributed by atoms with Gasteiger partial charge < -0.3 is 10.6 Å². The average Bonchev–Trinajstić information content (AvgIpc) is 2.42. The van der Waals surface area contributed by atoms with Crippen molar-refractivity contribution in [2.75, 3.05) is 17.2 Å². The summed E-state index contributed by atoms with van der Waals surface area (Å²) in [7, 11) is 0. The molecule has 0 saturated heterocycles. The van der Waals surface area contributed by atoms with Crippen LogP contribution in [0.2, 0.25) is 0 Å². The van der Waals surface area contributed by atoms with Gasteiger partial charge in [-0.2, -0.15) is 0 Å². The zero-order valence-electron chi connectivity index (χ0n) is 13.0. The number of hydrogen-bond donors (Lipinski definition) is 2. The van der Waals surface area contributed by atoms with Gasteiger partial charge in [0.2, 0.25) is 0 Å². The Hall–Kier alpha value is -1.32. The maximum Gasteiger partial charge on any atom is 0.135 e. The third-order valence-corrected chi connectivity index (χ3v) is 3.77. The molecule has 0 aliphatic rings. The second kappa shape index (κ2) is 7.31. The van der Waals surface area contributed by atoms with Crippen LogP contribution in [0.3, 0.4) is 0 Å². The van der Waals surface area contributed by atoms with Gasteiger partial charge in [0.1, 0.15) is 18.0 Å². The molecule has 1 aromatic rings. The van der Waals surface area contributed by atoms with Gasteiger partial charge in [0.25, 0.3) is 0 Å². The lowest BCUT2D eigenvalue weighted by molar-refractivity contribution is 0.476. The summed E-state index contributed by atoms with van der Waals surface area (Å²) in [5, 5.41) is 6.95. The first-order chi connectivity index (χ1) is 9.10. The summed E-state index contributed by atoms with van der Waals surface area (Å²) in [6.45, 7) is 11.8. The van der Waals surface area contributed by atoms with E-state index in [1.165, 1.54) is 5.56 Å². The standard InChI is InChI=1S/C15H28N4/c1-6-10-12-13(16-9-4)17-11-18-14(12)19-15(5,7-2)8-3/h11H,6-10H2,1-5H3,(H2,16,17,18,19). The van der Waals surface area contributed by atoms with Gasteiger partial charge in [0.05, 0.1) is 0 Å². The molecule has 1 rings (SSSR count). The fourth-order valence-electron chi connectivity index (χ4n) is 2.04. The minimum atomic E-state index is 0.0975. The molecular formula is C15H28N4. The molecule has 0 aliphatic carbocycles. The lowest BCUT2D eigenvalue weighted by atomic mass is 9.95. The molecule has 0 spiro atoms. The zero-order chi connectivity index (χ0) is 14.3. The fourth-order valence-corrected chi connectivity index (χ4v) is 2.04. The summed E-state index contributed by atoms with van der Waals surface area (Å²) in [5.41, 5.74) is 1.31. The second-order valence-electron chi connectivity index (χ2n) is 5.22. The van der Waals surface area contributed by atoms with Gasteiger partial charge >= 0.3 is 0 Å². The van der Waals surface area contributed by atoms with E-state index in [1.54, 1.807) is 6.33 Å². The van der Waals surface area contributed by atoms with Crippen LogP contribution in [0, 0.1) is 0 Å². The number of rotatable bonds is 8. The van der Waals surface area contributed by atoms with E-state index < -0.39 is 0 Å². The lowest BCUT2D eigenvalue weighted by Crippen LogP contribution is -2.34. The van der Waals surface area contributed by atoms with Crippen molar-refractivity contribution in [3.8, 4) is 0 Å². The molecule has 2 N–H and O–H groups in total. The lowest BCUT2D eigenvalue weighted by Gasteiger charge is -2.30. The quantitative estimate of drug-likeness (QED) is 0.748. The van der Waals surface area contributed by atoms with E-state index >= 15 is 0 Å². The van der Waals surface area contributed by atoms with E-state index in [2.05, 4.69) is 55.2 Å². The van der Waals surface area contributed by atoms with E-state index in [1.807, 2.05) is 0 Å². The highest BCUT2D eigenvalue weighted by atomic mass is 15.1. The van der Waals surface area contributed by atoms with Crippen molar-refractivity contribution in [1.29, 1.82) is 0 Å². The van der Waals surface area contributed by atoms with Crippen molar-refractivity contribution in [2.45, 2.75) is 65.8 Å². The normalized spacial score (nSPS) is 11.4. The Morgan fingerprint density at radius 2 is 1.68 bits per heavy atom. The van der Waals surface area contributed by atoms with Crippen LogP contribution in [0.15, 0.2) is 6.33 Å². The van der Waals surface area contributed by atoms with Crippen molar-refractivity contribution in [1.82, 2.24) is 9.97 Å². The van der Waals surface area contributed by atoms with Crippen LogP contribution >= 0.6 is 0 Å². The molecule has 0 fully saturated rings. The van der Waals surface area contributed by atoms with Crippen LogP contribution < -0.4 is 10.6 Å². The molecule has 0 aliphatic heterocycles. The summed E-state index contributed by atoms with van der Waals surface area (Å²) in [6.07, 6.45) is 5.89. The third kappa shape index (κ3) is 4.08. The maximum absolute atomic E-state index is 4.46. The minimum absolute atomic E-state index is 0.0975. The van der Waals surface area contributed by atoms with Crippen molar-refractivity contribution >= 4 is 11.6 Å². The Morgan fingerprint density at radius 1 is 1.05 bits per heavy atom. The first-order valence-corrected chi connectivity index (χ1v) is 7.46. The molecule has 4 nitrogen and oxygen atoms in total. The largest absolute Gasteiger partial charge is 0.370 e. The molecule has 0 bridgehead atoms. The summed E-state index contributed by atoms with van der Waals surface area (Å²) in [6, 6.07) is 0. The molecule has 1 heterocycles. The van der Waals surface area contributed by atoms with Crippen molar-refractivity contribution in [3.63, 3.8) is 0 Å². The Balaban J connectivity index is 3.08. The summed E-state index contributed by atoms with van der Waals surface area (Å²) in [4.78, 5) is 8.83. The van der Waals surface area contributed by atoms with Gasteiger partial charge in [-0.05, 0) is 33.1 Å². The molecule has 0 amide bonds. The average molecular weight is 264 g/mol. The second-order valence-corrected chi connectivity index (χ2v) is 5.22. The van der Waals surface area contributed by atoms with Gasteiger partial charge in [-0.25, -0.2) is 9.97 Å². The molecule has 4 heteroatoms. The van der Waals surface area contributed by atoms with Gasteiger partial charge in [-0.15, -0.1) is 0 Å². The van der Waals surface area contributed by atoms with Gasteiger partial charge in [0.15, 0.2) is 0 Å². The highest BCUT2D eigenvalue weighted by molar-refractivity contribution is 5.58. The van der Waals surface area contributed by atoms with Gasteiger partial charge in [-0.3, -0.25) is 0 Å². The molecule has 0 radical (unpaired) electrons. The molecule has 19 heavy (non-hydrogen) atoms. The zero-order valence-corrected chi connectivity index (χ0v) is 13.0. The Kier molecular flexibility index (Phi) is 6.06.